The molecule has 3 atom stereocenters. The minimum absolute atomic E-state index is 0.0918. The lowest BCUT2D eigenvalue weighted by molar-refractivity contribution is -0.135. The van der Waals surface area contributed by atoms with E-state index in [1.807, 2.05) is 9.58 Å². The van der Waals surface area contributed by atoms with E-state index >= 15 is 0 Å². The Balaban J connectivity index is 1.69. The molecule has 0 bridgehead atoms. The van der Waals surface area contributed by atoms with Gasteiger partial charge in [0, 0.05) is 13.1 Å². The zero-order valence-electron chi connectivity index (χ0n) is 14.0. The van der Waals surface area contributed by atoms with Gasteiger partial charge in [-0.25, -0.2) is 9.67 Å². The number of likely N-dealkylation sites (tertiary alicyclic amines) is 1. The number of piperidine rings is 1. The number of carbonyl (C=O) groups excluding carboxylic acids is 1. The lowest BCUT2D eigenvalue weighted by Gasteiger charge is -2.33. The molecule has 1 aliphatic carbocycles. The van der Waals surface area contributed by atoms with Crippen LogP contribution >= 0.6 is 0 Å². The number of carbonyl (C=O) groups is 1. The van der Waals surface area contributed by atoms with Crippen LogP contribution in [-0.2, 0) is 4.79 Å². The quantitative estimate of drug-likeness (QED) is 0.807. The van der Waals surface area contributed by atoms with Crippen LogP contribution in [0.25, 0.3) is 0 Å². The molecule has 0 unspecified atom stereocenters. The highest BCUT2D eigenvalue weighted by atomic mass is 16.2. The third-order valence-electron chi connectivity index (χ3n) is 5.21. The number of allylic oxidation sites excluding steroid dienone is 2. The van der Waals surface area contributed by atoms with Crippen LogP contribution in [0.4, 0.5) is 0 Å². The number of amides is 1. The zero-order chi connectivity index (χ0) is 15.9. The monoisotopic (exact) mass is 302 g/mol. The molecule has 1 amide bonds. The van der Waals surface area contributed by atoms with Crippen LogP contribution in [-0.4, -0.2) is 38.7 Å². The summed E-state index contributed by atoms with van der Waals surface area (Å²) < 4.78 is 1.89. The highest BCUT2D eigenvalue weighted by Crippen LogP contribution is 2.60. The fourth-order valence-electron chi connectivity index (χ4n) is 3.79. The van der Waals surface area contributed by atoms with Gasteiger partial charge in [-0.2, -0.15) is 5.10 Å². The van der Waals surface area contributed by atoms with Crippen molar-refractivity contribution >= 4 is 5.91 Å². The van der Waals surface area contributed by atoms with Crippen molar-refractivity contribution in [1.29, 1.82) is 0 Å². The average Bonchev–Trinajstić information content (AvgIpc) is 2.87. The summed E-state index contributed by atoms with van der Waals surface area (Å²) in [6, 6.07) is 0.268. The molecule has 5 nitrogen and oxygen atoms in total. The third-order valence-corrected chi connectivity index (χ3v) is 5.21. The van der Waals surface area contributed by atoms with Crippen LogP contribution < -0.4 is 0 Å². The lowest BCUT2D eigenvalue weighted by Crippen LogP contribution is -2.42. The maximum absolute atomic E-state index is 12.9. The number of aromatic nitrogens is 3. The van der Waals surface area contributed by atoms with E-state index in [-0.39, 0.29) is 17.4 Å². The molecule has 1 saturated carbocycles. The Labute approximate surface area is 132 Å². The predicted octanol–water partition coefficient (Wildman–Crippen LogP) is 2.68. The number of nitrogens with zero attached hydrogens (tertiary/aromatic N) is 4. The number of hydrogen-bond acceptors (Lipinski definition) is 3. The SMILES string of the molecule is CC(C)=C[C@@H]1[C@@H](C(=O)N2CCC[C@H](n3cncn3)C2)C1(C)C. The second-order valence-electron chi connectivity index (χ2n) is 7.52. The van der Waals surface area contributed by atoms with E-state index in [4.69, 9.17) is 0 Å². The fourth-order valence-corrected chi connectivity index (χ4v) is 3.79. The van der Waals surface area contributed by atoms with Crippen LogP contribution in [0, 0.1) is 17.3 Å². The summed E-state index contributed by atoms with van der Waals surface area (Å²) in [7, 11) is 0. The van der Waals surface area contributed by atoms with Gasteiger partial charge in [-0.3, -0.25) is 4.79 Å². The van der Waals surface area contributed by atoms with Gasteiger partial charge in [0.05, 0.1) is 12.0 Å². The van der Waals surface area contributed by atoms with Crippen molar-refractivity contribution in [2.45, 2.75) is 46.6 Å². The second kappa shape index (κ2) is 5.52. The van der Waals surface area contributed by atoms with E-state index in [0.717, 1.165) is 25.9 Å². The van der Waals surface area contributed by atoms with Crippen molar-refractivity contribution in [2.24, 2.45) is 17.3 Å². The van der Waals surface area contributed by atoms with Crippen LogP contribution in [0.5, 0.6) is 0 Å². The Kier molecular flexibility index (Phi) is 3.83. The first-order valence-electron chi connectivity index (χ1n) is 8.19. The highest BCUT2D eigenvalue weighted by Gasteiger charge is 2.61. The van der Waals surface area contributed by atoms with Gasteiger partial charge < -0.3 is 4.90 Å². The molecule has 0 radical (unpaired) electrons. The van der Waals surface area contributed by atoms with E-state index < -0.39 is 0 Å². The molecule has 22 heavy (non-hydrogen) atoms. The van der Waals surface area contributed by atoms with E-state index in [1.165, 1.54) is 5.57 Å². The molecule has 0 aromatic carbocycles. The molecule has 5 heteroatoms. The van der Waals surface area contributed by atoms with Crippen LogP contribution in [0.15, 0.2) is 24.3 Å². The van der Waals surface area contributed by atoms with Crippen LogP contribution in [0.3, 0.4) is 0 Å². The molecule has 1 saturated heterocycles. The molecule has 0 N–H and O–H groups in total. The summed E-state index contributed by atoms with van der Waals surface area (Å²) >= 11 is 0. The first kappa shape index (κ1) is 15.3. The van der Waals surface area contributed by atoms with Gasteiger partial charge in [0.25, 0.3) is 0 Å². The Morgan fingerprint density at radius 1 is 1.36 bits per heavy atom. The number of rotatable bonds is 3. The van der Waals surface area contributed by atoms with Gasteiger partial charge in [-0.05, 0) is 38.0 Å². The molecule has 2 fully saturated rings. The third kappa shape index (κ3) is 2.69. The summed E-state index contributed by atoms with van der Waals surface area (Å²) in [5, 5.41) is 4.24. The Hall–Kier alpha value is -1.65. The molecule has 1 aliphatic heterocycles. The average molecular weight is 302 g/mol. The second-order valence-corrected chi connectivity index (χ2v) is 7.52. The molecule has 120 valence electrons. The molecule has 1 aromatic rings. The molecular formula is C17H26N4O. The van der Waals surface area contributed by atoms with Gasteiger partial charge in [-0.15, -0.1) is 0 Å². The maximum Gasteiger partial charge on any atom is 0.226 e. The van der Waals surface area contributed by atoms with E-state index in [2.05, 4.69) is 43.9 Å². The van der Waals surface area contributed by atoms with Gasteiger partial charge in [0.15, 0.2) is 0 Å². The van der Waals surface area contributed by atoms with E-state index in [9.17, 15) is 4.79 Å². The molecular weight excluding hydrogens is 276 g/mol. The molecule has 2 aliphatic rings. The van der Waals surface area contributed by atoms with Crippen molar-refractivity contribution in [3.8, 4) is 0 Å². The maximum atomic E-state index is 12.9. The summed E-state index contributed by atoms with van der Waals surface area (Å²) in [6.07, 6.45) is 7.69. The Morgan fingerprint density at radius 3 is 2.77 bits per heavy atom. The summed E-state index contributed by atoms with van der Waals surface area (Å²) in [5.74, 6) is 0.839. The predicted molar refractivity (Wildman–Crippen MR) is 85.1 cm³/mol. The lowest BCUT2D eigenvalue weighted by atomic mass is 10.0. The molecule has 0 spiro atoms. The van der Waals surface area contributed by atoms with Crippen molar-refractivity contribution in [3.05, 3.63) is 24.3 Å². The number of hydrogen-bond donors (Lipinski definition) is 0. The minimum Gasteiger partial charge on any atom is -0.340 e. The summed E-state index contributed by atoms with van der Waals surface area (Å²) in [5.41, 5.74) is 1.39. The minimum atomic E-state index is 0.0918. The first-order valence-corrected chi connectivity index (χ1v) is 8.19. The van der Waals surface area contributed by atoms with E-state index in [1.54, 1.807) is 12.7 Å². The van der Waals surface area contributed by atoms with Crippen LogP contribution in [0.2, 0.25) is 0 Å². The highest BCUT2D eigenvalue weighted by molar-refractivity contribution is 5.84. The largest absolute Gasteiger partial charge is 0.340 e. The topological polar surface area (TPSA) is 51.0 Å². The van der Waals surface area contributed by atoms with Crippen molar-refractivity contribution < 1.29 is 4.79 Å². The normalized spacial score (nSPS) is 30.0. The van der Waals surface area contributed by atoms with Crippen molar-refractivity contribution in [1.82, 2.24) is 19.7 Å². The van der Waals surface area contributed by atoms with Gasteiger partial charge in [0.1, 0.15) is 12.7 Å². The molecule has 1 aromatic heterocycles. The standard InChI is InChI=1S/C17H26N4O/c1-12(2)8-14-15(17(14,3)4)16(22)20-7-5-6-13(9-20)21-11-18-10-19-21/h8,10-11,13-15H,5-7,9H2,1-4H3/t13-,14+,15-/m0/s1. The van der Waals surface area contributed by atoms with E-state index in [0.29, 0.717) is 11.8 Å². The van der Waals surface area contributed by atoms with Crippen molar-refractivity contribution in [2.75, 3.05) is 13.1 Å². The Bertz CT molecular complexity index is 571. The van der Waals surface area contributed by atoms with Gasteiger partial charge >= 0.3 is 0 Å². The molecule has 2 heterocycles. The Morgan fingerprint density at radius 2 is 2.14 bits per heavy atom. The first-order chi connectivity index (χ1) is 10.4. The summed E-state index contributed by atoms with van der Waals surface area (Å²) in [4.78, 5) is 19.0. The molecule has 3 rings (SSSR count). The van der Waals surface area contributed by atoms with Gasteiger partial charge in [-0.1, -0.05) is 25.5 Å². The summed E-state index contributed by atoms with van der Waals surface area (Å²) in [6.45, 7) is 10.3. The zero-order valence-corrected chi connectivity index (χ0v) is 14.0. The van der Waals surface area contributed by atoms with Crippen LogP contribution in [0.1, 0.15) is 46.6 Å². The van der Waals surface area contributed by atoms with Crippen molar-refractivity contribution in [3.63, 3.8) is 0 Å². The fraction of sp³-hybridized carbons (Fsp3) is 0.706. The van der Waals surface area contributed by atoms with Gasteiger partial charge in [0.2, 0.25) is 5.91 Å². The smallest absolute Gasteiger partial charge is 0.226 e.